The number of carbonyl (C=O) groups is 3. The van der Waals surface area contributed by atoms with Crippen molar-refractivity contribution in [3.8, 4) is 0 Å². The molecular weight excluding hydrogens is 817 g/mol. The zero-order chi connectivity index (χ0) is 47.9. The van der Waals surface area contributed by atoms with E-state index in [0.717, 1.165) is 89.9 Å². The molecule has 0 aromatic rings. The number of hydrogen-bond donors (Lipinski definition) is 0. The summed E-state index contributed by atoms with van der Waals surface area (Å²) in [5.41, 5.74) is 0. The van der Waals surface area contributed by atoms with Crippen molar-refractivity contribution in [2.75, 3.05) is 13.2 Å². The summed E-state index contributed by atoms with van der Waals surface area (Å²) in [5, 5.41) is 0. The molecule has 0 N–H and O–H groups in total. The highest BCUT2D eigenvalue weighted by Gasteiger charge is 2.19. The first kappa shape index (κ1) is 62.6. The van der Waals surface area contributed by atoms with Crippen molar-refractivity contribution in [3.05, 3.63) is 85.1 Å². The van der Waals surface area contributed by atoms with Crippen LogP contribution in [0.15, 0.2) is 85.1 Å². The molecule has 0 heterocycles. The average molecular weight is 919 g/mol. The molecule has 0 rings (SSSR count). The normalized spacial score (nSPS) is 12.7. The minimum Gasteiger partial charge on any atom is -0.462 e. The van der Waals surface area contributed by atoms with E-state index in [1.807, 2.05) is 12.2 Å². The van der Waals surface area contributed by atoms with Crippen molar-refractivity contribution in [1.29, 1.82) is 0 Å². The van der Waals surface area contributed by atoms with Crippen LogP contribution in [0.5, 0.6) is 0 Å². The van der Waals surface area contributed by atoms with Gasteiger partial charge in [0.2, 0.25) is 0 Å². The van der Waals surface area contributed by atoms with E-state index in [1.165, 1.54) is 122 Å². The lowest BCUT2D eigenvalue weighted by Gasteiger charge is -2.18. The van der Waals surface area contributed by atoms with E-state index in [4.69, 9.17) is 14.2 Å². The summed E-state index contributed by atoms with van der Waals surface area (Å²) < 4.78 is 16.7. The minimum absolute atomic E-state index is 0.105. The Morgan fingerprint density at radius 1 is 0.318 bits per heavy atom. The van der Waals surface area contributed by atoms with Crippen molar-refractivity contribution in [3.63, 3.8) is 0 Å². The van der Waals surface area contributed by atoms with Crippen LogP contribution in [-0.4, -0.2) is 37.2 Å². The van der Waals surface area contributed by atoms with E-state index in [1.54, 1.807) is 0 Å². The molecule has 66 heavy (non-hydrogen) atoms. The predicted octanol–water partition coefficient (Wildman–Crippen LogP) is 18.4. The van der Waals surface area contributed by atoms with Crippen LogP contribution in [0.25, 0.3) is 0 Å². The summed E-state index contributed by atoms with van der Waals surface area (Å²) in [6.45, 7) is 6.41. The van der Waals surface area contributed by atoms with E-state index in [-0.39, 0.29) is 37.5 Å². The highest BCUT2D eigenvalue weighted by molar-refractivity contribution is 5.71. The number of ether oxygens (including phenoxy) is 3. The predicted molar refractivity (Wildman–Crippen MR) is 284 cm³/mol. The van der Waals surface area contributed by atoms with Crippen molar-refractivity contribution < 1.29 is 28.6 Å². The van der Waals surface area contributed by atoms with Crippen LogP contribution >= 0.6 is 0 Å². The second-order valence-electron chi connectivity index (χ2n) is 18.1. The average Bonchev–Trinajstić information content (AvgIpc) is 3.31. The summed E-state index contributed by atoms with van der Waals surface area (Å²) >= 11 is 0. The van der Waals surface area contributed by atoms with Gasteiger partial charge in [0.1, 0.15) is 13.2 Å². The van der Waals surface area contributed by atoms with E-state index in [9.17, 15) is 14.4 Å². The molecule has 0 radical (unpaired) electrons. The molecule has 0 aromatic heterocycles. The van der Waals surface area contributed by atoms with Gasteiger partial charge in [-0.25, -0.2) is 0 Å². The van der Waals surface area contributed by atoms with E-state index in [0.29, 0.717) is 19.3 Å². The fraction of sp³-hybridized carbons (Fsp3) is 0.717. The Bertz CT molecular complexity index is 1290. The fourth-order valence-corrected chi connectivity index (χ4v) is 7.47. The molecule has 0 aliphatic carbocycles. The molecule has 0 aliphatic rings. The Hall–Kier alpha value is -3.41. The molecular formula is C60H102O6. The van der Waals surface area contributed by atoms with Crippen molar-refractivity contribution >= 4 is 17.9 Å². The van der Waals surface area contributed by atoms with Gasteiger partial charge in [-0.05, 0) is 96.3 Å². The molecule has 6 nitrogen and oxygen atoms in total. The minimum atomic E-state index is -0.813. The first-order chi connectivity index (χ1) is 32.5. The van der Waals surface area contributed by atoms with Gasteiger partial charge in [0.25, 0.3) is 0 Å². The summed E-state index contributed by atoms with van der Waals surface area (Å²) in [5.74, 6) is -1.00. The monoisotopic (exact) mass is 919 g/mol. The highest BCUT2D eigenvalue weighted by Crippen LogP contribution is 2.15. The number of carbonyl (C=O) groups excluding carboxylic acids is 3. The maximum absolute atomic E-state index is 12.8. The van der Waals surface area contributed by atoms with Crippen LogP contribution in [0.2, 0.25) is 0 Å². The number of unbranched alkanes of at least 4 members (excludes halogenated alkanes) is 24. The Morgan fingerprint density at radius 2 is 0.636 bits per heavy atom. The Labute approximate surface area is 407 Å². The summed E-state index contributed by atoms with van der Waals surface area (Å²) in [7, 11) is 0. The lowest BCUT2D eigenvalue weighted by molar-refractivity contribution is -0.166. The smallest absolute Gasteiger partial charge is 0.306 e. The standard InChI is InChI=1S/C60H102O6/c1-4-7-10-13-16-19-22-25-27-28-29-30-31-32-33-36-38-41-44-47-50-53-59(62)65-56-57(55-64-58(61)52-49-46-43-40-37-34-24-21-18-15-12-9-6-3)66-60(63)54-51-48-45-42-39-35-26-23-20-17-14-11-8-5-2/h9,12,14,17-18,21,23,26,28-29,34,37,43,46,57H,4-8,10-11,13,15-16,19-20,22,24-25,27,30-33,35-36,38-42,44-45,47-56H2,1-3H3/b12-9-,17-14-,21-18-,26-23-,29-28-,37-34-,46-43-. The van der Waals surface area contributed by atoms with Gasteiger partial charge in [0.05, 0.1) is 0 Å². The molecule has 378 valence electrons. The maximum atomic E-state index is 12.8. The summed E-state index contributed by atoms with van der Waals surface area (Å²) in [6.07, 6.45) is 70.2. The van der Waals surface area contributed by atoms with Gasteiger partial charge in [-0.1, -0.05) is 228 Å². The van der Waals surface area contributed by atoms with E-state index in [2.05, 4.69) is 93.7 Å². The van der Waals surface area contributed by atoms with Crippen LogP contribution in [-0.2, 0) is 28.6 Å². The third-order valence-electron chi connectivity index (χ3n) is 11.6. The van der Waals surface area contributed by atoms with Crippen LogP contribution in [0, 0.1) is 0 Å². The quantitative estimate of drug-likeness (QED) is 0.0262. The first-order valence-corrected chi connectivity index (χ1v) is 27.6. The van der Waals surface area contributed by atoms with Crippen LogP contribution in [0.1, 0.15) is 258 Å². The molecule has 0 spiro atoms. The first-order valence-electron chi connectivity index (χ1n) is 27.6. The number of esters is 3. The number of allylic oxidation sites excluding steroid dienone is 14. The summed E-state index contributed by atoms with van der Waals surface area (Å²) in [6, 6.07) is 0. The van der Waals surface area contributed by atoms with Gasteiger partial charge in [-0.15, -0.1) is 0 Å². The molecule has 6 heteroatoms. The molecule has 0 amide bonds. The molecule has 0 aliphatic heterocycles. The van der Waals surface area contributed by atoms with Gasteiger partial charge in [-0.2, -0.15) is 0 Å². The maximum Gasteiger partial charge on any atom is 0.306 e. The van der Waals surface area contributed by atoms with Gasteiger partial charge >= 0.3 is 17.9 Å². The fourth-order valence-electron chi connectivity index (χ4n) is 7.47. The second-order valence-corrected chi connectivity index (χ2v) is 18.1. The molecule has 1 unspecified atom stereocenters. The largest absolute Gasteiger partial charge is 0.462 e. The summed E-state index contributed by atoms with van der Waals surface area (Å²) in [4.78, 5) is 38.0. The van der Waals surface area contributed by atoms with Gasteiger partial charge in [-0.3, -0.25) is 14.4 Å². The zero-order valence-electron chi connectivity index (χ0n) is 43.2. The molecule has 0 saturated carbocycles. The SMILES string of the molecule is CC/C=C\C/C=C\C/C=C\C/C=C\CCC(=O)OCC(COC(=O)CCCCCCCCCCC/C=C\CCCCCCCCCC)OC(=O)CCCCCCC/C=C\C/C=C\CCCC. The van der Waals surface area contributed by atoms with Crippen LogP contribution in [0.3, 0.4) is 0 Å². The molecule has 0 saturated heterocycles. The van der Waals surface area contributed by atoms with E-state index >= 15 is 0 Å². The lowest BCUT2D eigenvalue weighted by atomic mass is 10.1. The van der Waals surface area contributed by atoms with Crippen molar-refractivity contribution in [2.24, 2.45) is 0 Å². The molecule has 0 aromatic carbocycles. The topological polar surface area (TPSA) is 78.9 Å². The second kappa shape index (κ2) is 54.2. The number of rotatable bonds is 49. The van der Waals surface area contributed by atoms with Gasteiger partial charge in [0, 0.05) is 19.3 Å². The molecule has 1 atom stereocenters. The van der Waals surface area contributed by atoms with Crippen molar-refractivity contribution in [1.82, 2.24) is 0 Å². The van der Waals surface area contributed by atoms with Crippen LogP contribution in [0.4, 0.5) is 0 Å². The Morgan fingerprint density at radius 3 is 1.08 bits per heavy atom. The molecule has 0 bridgehead atoms. The Balaban J connectivity index is 4.40. The van der Waals surface area contributed by atoms with Gasteiger partial charge in [0.15, 0.2) is 6.10 Å². The highest BCUT2D eigenvalue weighted by atomic mass is 16.6. The molecule has 0 fully saturated rings. The third-order valence-corrected chi connectivity index (χ3v) is 11.6. The van der Waals surface area contributed by atoms with Gasteiger partial charge < -0.3 is 14.2 Å². The number of hydrogen-bond acceptors (Lipinski definition) is 6. The zero-order valence-corrected chi connectivity index (χ0v) is 43.2. The Kier molecular flexibility index (Phi) is 51.4. The van der Waals surface area contributed by atoms with E-state index < -0.39 is 6.10 Å². The lowest BCUT2D eigenvalue weighted by Crippen LogP contribution is -2.30. The van der Waals surface area contributed by atoms with Crippen LogP contribution < -0.4 is 0 Å². The third kappa shape index (κ3) is 51.6. The van der Waals surface area contributed by atoms with Crippen molar-refractivity contribution in [2.45, 2.75) is 264 Å².